The molecule has 2 fully saturated rings. The Balaban J connectivity index is 1.76. The molecule has 0 saturated heterocycles. The number of thiazole rings is 1. The van der Waals surface area contributed by atoms with Crippen molar-refractivity contribution in [2.24, 2.45) is 11.8 Å². The van der Waals surface area contributed by atoms with Crippen molar-refractivity contribution in [3.05, 3.63) is 23.2 Å². The maximum Gasteiger partial charge on any atom is 0.0975 e. The Kier molecular flexibility index (Phi) is 1.67. The van der Waals surface area contributed by atoms with Crippen LogP contribution < -0.4 is 5.73 Å². The highest BCUT2D eigenvalue weighted by molar-refractivity contribution is 7.18. The second-order valence-corrected chi connectivity index (χ2v) is 6.13. The number of hydrogen-bond acceptors (Lipinski definition) is 3. The van der Waals surface area contributed by atoms with Crippen LogP contribution in [-0.2, 0) is 0 Å². The first-order valence-corrected chi connectivity index (χ1v) is 6.80. The van der Waals surface area contributed by atoms with Crippen molar-refractivity contribution in [1.29, 1.82) is 0 Å². The first kappa shape index (κ1) is 8.99. The van der Waals surface area contributed by atoms with E-state index in [4.69, 9.17) is 10.7 Å². The minimum atomic E-state index is 0.785. The van der Waals surface area contributed by atoms with Crippen molar-refractivity contribution in [2.75, 3.05) is 5.73 Å². The summed E-state index contributed by atoms with van der Waals surface area (Å²) >= 11 is 1.85. The van der Waals surface area contributed by atoms with Gasteiger partial charge < -0.3 is 5.73 Å². The SMILES string of the molecule is Nc1ccc2nc(C3C4CCCC43)sc2c1. The molecule has 2 aliphatic carbocycles. The normalized spacial score (nSPS) is 31.9. The summed E-state index contributed by atoms with van der Waals surface area (Å²) in [5.41, 5.74) is 7.77. The minimum absolute atomic E-state index is 0.785. The van der Waals surface area contributed by atoms with Crippen molar-refractivity contribution < 1.29 is 0 Å². The van der Waals surface area contributed by atoms with E-state index in [2.05, 4.69) is 6.07 Å². The Bertz CT molecular complexity index is 550. The fourth-order valence-corrected chi connectivity index (χ4v) is 4.56. The third-order valence-electron chi connectivity index (χ3n) is 4.12. The molecule has 2 N–H and O–H groups in total. The molecule has 2 aliphatic rings. The van der Waals surface area contributed by atoms with Gasteiger partial charge in [-0.25, -0.2) is 4.98 Å². The molecule has 2 saturated carbocycles. The van der Waals surface area contributed by atoms with E-state index < -0.39 is 0 Å². The summed E-state index contributed by atoms with van der Waals surface area (Å²) in [5.74, 6) is 2.70. The molecular weight excluding hydrogens is 216 g/mol. The lowest BCUT2D eigenvalue weighted by Crippen LogP contribution is -1.85. The number of fused-ring (bicyclic) bond motifs is 2. The molecule has 2 unspecified atom stereocenters. The van der Waals surface area contributed by atoms with E-state index in [1.165, 1.54) is 29.0 Å². The van der Waals surface area contributed by atoms with E-state index in [1.54, 1.807) is 0 Å². The second-order valence-electron chi connectivity index (χ2n) is 5.06. The number of nitrogen functional groups attached to an aromatic ring is 1. The monoisotopic (exact) mass is 230 g/mol. The molecule has 4 rings (SSSR count). The van der Waals surface area contributed by atoms with Gasteiger partial charge in [0.05, 0.1) is 15.2 Å². The third kappa shape index (κ3) is 1.15. The highest BCUT2D eigenvalue weighted by atomic mass is 32.1. The fraction of sp³-hybridized carbons (Fsp3) is 0.462. The molecule has 3 heteroatoms. The van der Waals surface area contributed by atoms with E-state index in [-0.39, 0.29) is 0 Å². The Hall–Kier alpha value is -1.09. The smallest absolute Gasteiger partial charge is 0.0975 e. The van der Waals surface area contributed by atoms with Crippen molar-refractivity contribution in [1.82, 2.24) is 4.98 Å². The Morgan fingerprint density at radius 2 is 2.06 bits per heavy atom. The van der Waals surface area contributed by atoms with Gasteiger partial charge in [0.2, 0.25) is 0 Å². The topological polar surface area (TPSA) is 38.9 Å². The first-order chi connectivity index (χ1) is 7.83. The van der Waals surface area contributed by atoms with Crippen LogP contribution >= 0.6 is 11.3 Å². The number of aromatic nitrogens is 1. The minimum Gasteiger partial charge on any atom is -0.399 e. The molecule has 0 amide bonds. The van der Waals surface area contributed by atoms with Crippen molar-refractivity contribution in [3.63, 3.8) is 0 Å². The van der Waals surface area contributed by atoms with Gasteiger partial charge >= 0.3 is 0 Å². The van der Waals surface area contributed by atoms with Crippen LogP contribution in [0.3, 0.4) is 0 Å². The summed E-state index contributed by atoms with van der Waals surface area (Å²) in [6.45, 7) is 0. The number of nitrogens with zero attached hydrogens (tertiary/aromatic N) is 1. The molecule has 1 aromatic carbocycles. The highest BCUT2D eigenvalue weighted by Crippen LogP contribution is 2.63. The van der Waals surface area contributed by atoms with E-state index in [9.17, 15) is 0 Å². The van der Waals surface area contributed by atoms with Crippen LogP contribution in [0.25, 0.3) is 10.2 Å². The molecule has 2 nitrogen and oxygen atoms in total. The van der Waals surface area contributed by atoms with E-state index in [0.29, 0.717) is 0 Å². The average molecular weight is 230 g/mol. The van der Waals surface area contributed by atoms with Crippen LogP contribution in [0.1, 0.15) is 30.2 Å². The lowest BCUT2D eigenvalue weighted by Gasteiger charge is -1.96. The van der Waals surface area contributed by atoms with Gasteiger partial charge in [-0.2, -0.15) is 0 Å². The molecule has 0 spiro atoms. The number of anilines is 1. The molecule has 1 aromatic heterocycles. The zero-order valence-corrected chi connectivity index (χ0v) is 9.83. The number of nitrogens with two attached hydrogens (primary N) is 1. The van der Waals surface area contributed by atoms with Crippen LogP contribution in [0.4, 0.5) is 5.69 Å². The van der Waals surface area contributed by atoms with Crippen molar-refractivity contribution >= 4 is 27.2 Å². The van der Waals surface area contributed by atoms with Gasteiger partial charge in [-0.05, 0) is 42.9 Å². The van der Waals surface area contributed by atoms with Crippen LogP contribution in [-0.4, -0.2) is 4.98 Å². The predicted octanol–water partition coefficient (Wildman–Crippen LogP) is 3.39. The van der Waals surface area contributed by atoms with E-state index in [0.717, 1.165) is 29.0 Å². The zero-order chi connectivity index (χ0) is 10.7. The average Bonchev–Trinajstić information content (AvgIpc) is 2.68. The number of rotatable bonds is 1. The van der Waals surface area contributed by atoms with Gasteiger partial charge in [-0.15, -0.1) is 11.3 Å². The lowest BCUT2D eigenvalue weighted by atomic mass is 10.1. The van der Waals surface area contributed by atoms with Crippen LogP contribution in [0, 0.1) is 11.8 Å². The second kappa shape index (κ2) is 2.98. The summed E-state index contributed by atoms with van der Waals surface area (Å²) < 4.78 is 1.25. The van der Waals surface area contributed by atoms with E-state index in [1.807, 2.05) is 23.5 Å². The van der Waals surface area contributed by atoms with Gasteiger partial charge in [-0.3, -0.25) is 0 Å². The molecule has 0 radical (unpaired) electrons. The maximum absolute atomic E-state index is 5.80. The first-order valence-electron chi connectivity index (χ1n) is 5.99. The van der Waals surface area contributed by atoms with Crippen molar-refractivity contribution in [3.8, 4) is 0 Å². The lowest BCUT2D eigenvalue weighted by molar-refractivity contribution is 0.680. The Labute approximate surface area is 98.5 Å². The Morgan fingerprint density at radius 1 is 1.25 bits per heavy atom. The fourth-order valence-electron chi connectivity index (χ4n) is 3.29. The quantitative estimate of drug-likeness (QED) is 0.763. The summed E-state index contributed by atoms with van der Waals surface area (Å²) in [6, 6.07) is 6.04. The molecule has 0 aliphatic heterocycles. The molecular formula is C13H14N2S. The summed E-state index contributed by atoms with van der Waals surface area (Å²) in [4.78, 5) is 4.76. The van der Waals surface area contributed by atoms with Crippen LogP contribution in [0.15, 0.2) is 18.2 Å². The standard InChI is InChI=1S/C13H14N2S/c14-7-4-5-10-11(6-7)16-13(15-10)12-8-2-1-3-9(8)12/h4-6,8-9,12H,1-3,14H2. The molecule has 2 atom stereocenters. The molecule has 1 heterocycles. The van der Waals surface area contributed by atoms with Gasteiger partial charge in [0.25, 0.3) is 0 Å². The summed E-state index contributed by atoms with van der Waals surface area (Å²) in [7, 11) is 0. The summed E-state index contributed by atoms with van der Waals surface area (Å²) in [6.07, 6.45) is 4.28. The zero-order valence-electron chi connectivity index (χ0n) is 9.02. The Morgan fingerprint density at radius 3 is 2.88 bits per heavy atom. The van der Waals surface area contributed by atoms with Crippen LogP contribution in [0.5, 0.6) is 0 Å². The third-order valence-corrected chi connectivity index (χ3v) is 5.24. The van der Waals surface area contributed by atoms with Gasteiger partial charge in [0.15, 0.2) is 0 Å². The molecule has 2 aromatic rings. The largest absolute Gasteiger partial charge is 0.399 e. The van der Waals surface area contributed by atoms with Gasteiger partial charge in [-0.1, -0.05) is 6.42 Å². The predicted molar refractivity (Wildman–Crippen MR) is 67.6 cm³/mol. The van der Waals surface area contributed by atoms with Gasteiger partial charge in [0.1, 0.15) is 0 Å². The van der Waals surface area contributed by atoms with Crippen LogP contribution in [0.2, 0.25) is 0 Å². The van der Waals surface area contributed by atoms with Gasteiger partial charge in [0, 0.05) is 11.6 Å². The molecule has 82 valence electrons. The molecule has 0 bridgehead atoms. The maximum atomic E-state index is 5.80. The number of benzene rings is 1. The molecule has 16 heavy (non-hydrogen) atoms. The number of hydrogen-bond donors (Lipinski definition) is 1. The highest BCUT2D eigenvalue weighted by Gasteiger charge is 2.54. The van der Waals surface area contributed by atoms with Crippen molar-refractivity contribution in [2.45, 2.75) is 25.2 Å². The van der Waals surface area contributed by atoms with E-state index >= 15 is 0 Å². The summed E-state index contributed by atoms with van der Waals surface area (Å²) in [5, 5.41) is 1.36.